The van der Waals surface area contributed by atoms with Crippen LogP contribution in [0.5, 0.6) is 0 Å². The summed E-state index contributed by atoms with van der Waals surface area (Å²) in [6, 6.07) is 5.02. The maximum Gasteiger partial charge on any atom is 0.253 e. The van der Waals surface area contributed by atoms with E-state index in [-0.39, 0.29) is 11.4 Å². The summed E-state index contributed by atoms with van der Waals surface area (Å²) in [5.74, 6) is -0.206. The highest BCUT2D eigenvalue weighted by Gasteiger charge is 2.17. The number of nitrogen functional groups attached to an aromatic ring is 1. The number of anilines is 1. The number of benzene rings is 1. The van der Waals surface area contributed by atoms with E-state index in [4.69, 9.17) is 17.3 Å². The van der Waals surface area contributed by atoms with Crippen LogP contribution in [0.2, 0.25) is 5.02 Å². The van der Waals surface area contributed by atoms with Crippen molar-refractivity contribution >= 4 is 23.2 Å². The highest BCUT2D eigenvalue weighted by molar-refractivity contribution is 6.33. The fourth-order valence-corrected chi connectivity index (χ4v) is 1.32. The maximum absolute atomic E-state index is 11.8. The number of carbonyl (C=O) groups excluding carboxylic acids is 1. The number of hydrogen-bond donors (Lipinski definition) is 2. The molecule has 0 heterocycles. The molecule has 82 valence electrons. The third-order valence-corrected chi connectivity index (χ3v) is 2.12. The molecule has 0 radical (unpaired) electrons. The highest BCUT2D eigenvalue weighted by Crippen LogP contribution is 2.22. The molecule has 0 aliphatic rings. The van der Waals surface area contributed by atoms with Gasteiger partial charge in [-0.2, -0.15) is 0 Å². The predicted octanol–water partition coefficient (Wildman–Crippen LogP) is 2.45. The van der Waals surface area contributed by atoms with Gasteiger partial charge in [-0.3, -0.25) is 4.79 Å². The van der Waals surface area contributed by atoms with Crippen LogP contribution in [-0.2, 0) is 0 Å². The average Bonchev–Trinajstić information content (AvgIpc) is 2.06. The van der Waals surface area contributed by atoms with Crippen molar-refractivity contribution in [1.82, 2.24) is 5.32 Å². The Morgan fingerprint density at radius 3 is 2.53 bits per heavy atom. The summed E-state index contributed by atoms with van der Waals surface area (Å²) in [4.78, 5) is 11.8. The molecule has 0 aliphatic heterocycles. The largest absolute Gasteiger partial charge is 0.397 e. The van der Waals surface area contributed by atoms with Gasteiger partial charge in [0.2, 0.25) is 0 Å². The van der Waals surface area contributed by atoms with Crippen LogP contribution in [0.15, 0.2) is 18.2 Å². The van der Waals surface area contributed by atoms with Crippen LogP contribution < -0.4 is 11.1 Å². The lowest BCUT2D eigenvalue weighted by atomic mass is 10.1. The Morgan fingerprint density at radius 2 is 2.00 bits per heavy atom. The lowest BCUT2D eigenvalue weighted by Crippen LogP contribution is -2.40. The maximum atomic E-state index is 11.8. The first-order chi connectivity index (χ1) is 6.81. The molecule has 0 bridgehead atoms. The van der Waals surface area contributed by atoms with Crippen LogP contribution in [-0.4, -0.2) is 11.4 Å². The Labute approximate surface area is 94.6 Å². The molecule has 1 aromatic carbocycles. The van der Waals surface area contributed by atoms with Crippen molar-refractivity contribution in [3.8, 4) is 0 Å². The molecule has 0 saturated heterocycles. The minimum absolute atomic E-state index is 0.206. The number of halogens is 1. The summed E-state index contributed by atoms with van der Waals surface area (Å²) in [5, 5.41) is 3.23. The zero-order valence-electron chi connectivity index (χ0n) is 9.10. The molecule has 15 heavy (non-hydrogen) atoms. The van der Waals surface area contributed by atoms with Crippen molar-refractivity contribution < 1.29 is 4.79 Å². The van der Waals surface area contributed by atoms with E-state index in [0.29, 0.717) is 16.3 Å². The van der Waals surface area contributed by atoms with Gasteiger partial charge < -0.3 is 11.1 Å². The van der Waals surface area contributed by atoms with Crippen molar-refractivity contribution in [2.75, 3.05) is 5.73 Å². The molecule has 1 amide bonds. The summed E-state index contributed by atoms with van der Waals surface area (Å²) in [5.41, 5.74) is 6.16. The second-order valence-corrected chi connectivity index (χ2v) is 4.81. The Morgan fingerprint density at radius 1 is 1.40 bits per heavy atom. The smallest absolute Gasteiger partial charge is 0.253 e. The fraction of sp³-hybridized carbons (Fsp3) is 0.364. The van der Waals surface area contributed by atoms with Gasteiger partial charge in [0.1, 0.15) is 0 Å². The van der Waals surface area contributed by atoms with Crippen LogP contribution in [0.4, 0.5) is 5.69 Å². The van der Waals surface area contributed by atoms with Crippen molar-refractivity contribution in [2.45, 2.75) is 26.3 Å². The molecular weight excluding hydrogens is 212 g/mol. The molecule has 0 atom stereocenters. The van der Waals surface area contributed by atoms with Gasteiger partial charge in [0.25, 0.3) is 5.91 Å². The first-order valence-electron chi connectivity index (χ1n) is 4.68. The van der Waals surface area contributed by atoms with Gasteiger partial charge in [-0.25, -0.2) is 0 Å². The molecule has 0 saturated carbocycles. The van der Waals surface area contributed by atoms with Gasteiger partial charge in [0.15, 0.2) is 0 Å². The summed E-state index contributed by atoms with van der Waals surface area (Å²) < 4.78 is 0. The van der Waals surface area contributed by atoms with Crippen LogP contribution in [0, 0.1) is 0 Å². The number of nitrogens with one attached hydrogen (secondary N) is 1. The zero-order valence-corrected chi connectivity index (χ0v) is 9.85. The predicted molar refractivity (Wildman–Crippen MR) is 63.1 cm³/mol. The second-order valence-electron chi connectivity index (χ2n) is 4.41. The van der Waals surface area contributed by atoms with Crippen LogP contribution in [0.25, 0.3) is 0 Å². The Kier molecular flexibility index (Phi) is 3.25. The summed E-state index contributed by atoms with van der Waals surface area (Å²) >= 11 is 5.82. The van der Waals surface area contributed by atoms with E-state index in [2.05, 4.69) is 5.32 Å². The second kappa shape index (κ2) is 4.11. The van der Waals surface area contributed by atoms with Crippen LogP contribution in [0.3, 0.4) is 0 Å². The lowest BCUT2D eigenvalue weighted by Gasteiger charge is -2.21. The average molecular weight is 227 g/mol. The molecule has 0 fully saturated rings. The topological polar surface area (TPSA) is 55.1 Å². The van der Waals surface area contributed by atoms with E-state index in [1.807, 2.05) is 20.8 Å². The van der Waals surface area contributed by atoms with E-state index in [9.17, 15) is 4.79 Å². The first-order valence-corrected chi connectivity index (χ1v) is 5.05. The molecule has 0 spiro atoms. The third-order valence-electron chi connectivity index (χ3n) is 1.79. The zero-order chi connectivity index (χ0) is 11.6. The first kappa shape index (κ1) is 11.9. The minimum Gasteiger partial charge on any atom is -0.397 e. The van der Waals surface area contributed by atoms with Crippen LogP contribution in [0.1, 0.15) is 31.1 Å². The molecule has 4 heteroatoms. The van der Waals surface area contributed by atoms with Crippen molar-refractivity contribution in [2.24, 2.45) is 0 Å². The van der Waals surface area contributed by atoms with Gasteiger partial charge in [0, 0.05) is 5.54 Å². The van der Waals surface area contributed by atoms with Crippen LogP contribution >= 0.6 is 11.6 Å². The number of amides is 1. The third kappa shape index (κ3) is 3.13. The standard InChI is InChI=1S/C11H15ClN2O/c1-11(2,3)14-10(15)7-5-4-6-8(12)9(7)13/h4-6H,13H2,1-3H3,(H,14,15). The lowest BCUT2D eigenvalue weighted by molar-refractivity contribution is 0.0920. The monoisotopic (exact) mass is 226 g/mol. The molecule has 1 aromatic rings. The summed E-state index contributed by atoms with van der Waals surface area (Å²) in [6.45, 7) is 5.73. The summed E-state index contributed by atoms with van der Waals surface area (Å²) in [6.07, 6.45) is 0. The van der Waals surface area contributed by atoms with E-state index < -0.39 is 0 Å². The van der Waals surface area contributed by atoms with Crippen molar-refractivity contribution in [3.05, 3.63) is 28.8 Å². The van der Waals surface area contributed by atoms with Crippen molar-refractivity contribution in [1.29, 1.82) is 0 Å². The molecule has 3 nitrogen and oxygen atoms in total. The number of carbonyl (C=O) groups is 1. The molecular formula is C11H15ClN2O. The fourth-order valence-electron chi connectivity index (χ4n) is 1.14. The van der Waals surface area contributed by atoms with Crippen molar-refractivity contribution in [3.63, 3.8) is 0 Å². The quantitative estimate of drug-likeness (QED) is 0.723. The Bertz CT molecular complexity index is 383. The molecule has 0 aromatic heterocycles. The molecule has 0 aliphatic carbocycles. The van der Waals surface area contributed by atoms with Gasteiger partial charge >= 0.3 is 0 Å². The molecule has 0 unspecified atom stereocenters. The van der Waals surface area contributed by atoms with E-state index >= 15 is 0 Å². The Hall–Kier alpha value is -1.22. The normalized spacial score (nSPS) is 11.2. The number of para-hydroxylation sites is 1. The number of rotatable bonds is 1. The highest BCUT2D eigenvalue weighted by atomic mass is 35.5. The minimum atomic E-state index is -0.286. The van der Waals surface area contributed by atoms with E-state index in [0.717, 1.165) is 0 Å². The SMILES string of the molecule is CC(C)(C)NC(=O)c1cccc(Cl)c1N. The van der Waals surface area contributed by atoms with Gasteiger partial charge in [-0.1, -0.05) is 17.7 Å². The van der Waals surface area contributed by atoms with Gasteiger partial charge in [-0.15, -0.1) is 0 Å². The Balaban J connectivity index is 2.97. The van der Waals surface area contributed by atoms with Gasteiger partial charge in [0.05, 0.1) is 16.3 Å². The number of hydrogen-bond acceptors (Lipinski definition) is 2. The molecule has 1 rings (SSSR count). The molecule has 3 N–H and O–H groups in total. The van der Waals surface area contributed by atoms with E-state index in [1.54, 1.807) is 18.2 Å². The number of nitrogens with two attached hydrogens (primary N) is 1. The van der Waals surface area contributed by atoms with E-state index in [1.165, 1.54) is 0 Å². The van der Waals surface area contributed by atoms with Gasteiger partial charge in [-0.05, 0) is 32.9 Å². The summed E-state index contributed by atoms with van der Waals surface area (Å²) in [7, 11) is 0.